The molecule has 1 aliphatic heterocycles. The first kappa shape index (κ1) is 29.8. The van der Waals surface area contributed by atoms with E-state index in [9.17, 15) is 14.4 Å². The number of rotatable bonds is 10. The summed E-state index contributed by atoms with van der Waals surface area (Å²) in [6.45, 7) is 2.71. The van der Waals surface area contributed by atoms with E-state index in [0.29, 0.717) is 43.9 Å². The molecule has 0 aliphatic carbocycles. The number of methoxy groups -OCH3 is 1. The second-order valence-electron chi connectivity index (χ2n) is 8.76. The zero-order chi connectivity index (χ0) is 28.8. The van der Waals surface area contributed by atoms with E-state index in [2.05, 4.69) is 53.1 Å². The Hall–Kier alpha value is -3.15. The van der Waals surface area contributed by atoms with Gasteiger partial charge in [-0.15, -0.1) is 0 Å². The standard InChI is InChI=1S/C29H25Br3N2O6/c1-3-10-39-24-9-6-18(11-25(24)38-2)15-34-28(36)22(27(35)33-29(34)37)13-19-12-21(31)14-23(32)26(19)40-16-17-4-7-20(30)8-5-17/h4-9,11-14H,3,10,15-16H2,1-2H3,(H,33,35,37)/b22-13+. The summed E-state index contributed by atoms with van der Waals surface area (Å²) >= 11 is 10.4. The van der Waals surface area contributed by atoms with E-state index in [0.717, 1.165) is 21.4 Å². The summed E-state index contributed by atoms with van der Waals surface area (Å²) in [4.78, 5) is 39.9. The Bertz CT molecular complexity index is 1470. The van der Waals surface area contributed by atoms with E-state index in [1.165, 1.54) is 13.2 Å². The molecule has 3 aromatic rings. The predicted octanol–water partition coefficient (Wildman–Crippen LogP) is 7.01. The molecule has 1 aliphatic rings. The van der Waals surface area contributed by atoms with Gasteiger partial charge in [-0.3, -0.25) is 19.8 Å². The number of hydrogen-bond donors (Lipinski definition) is 1. The number of carbonyl (C=O) groups excluding carboxylic acids is 3. The van der Waals surface area contributed by atoms with E-state index >= 15 is 0 Å². The first-order chi connectivity index (χ1) is 19.2. The van der Waals surface area contributed by atoms with Crippen LogP contribution in [0.3, 0.4) is 0 Å². The summed E-state index contributed by atoms with van der Waals surface area (Å²) in [5.41, 5.74) is 1.83. The van der Waals surface area contributed by atoms with Crippen molar-refractivity contribution in [1.29, 1.82) is 0 Å². The van der Waals surface area contributed by atoms with Gasteiger partial charge in [0.15, 0.2) is 11.5 Å². The molecule has 4 amide bonds. The normalized spacial score (nSPS) is 14.4. The molecule has 0 unspecified atom stereocenters. The Morgan fingerprint density at radius 2 is 1.60 bits per heavy atom. The molecule has 0 radical (unpaired) electrons. The van der Waals surface area contributed by atoms with Gasteiger partial charge in [-0.05, 0) is 76.0 Å². The molecule has 8 nitrogen and oxygen atoms in total. The van der Waals surface area contributed by atoms with Crippen molar-refractivity contribution in [2.45, 2.75) is 26.5 Å². The monoisotopic (exact) mass is 734 g/mol. The van der Waals surface area contributed by atoms with Crippen LogP contribution in [0.1, 0.15) is 30.0 Å². The topological polar surface area (TPSA) is 94.2 Å². The lowest BCUT2D eigenvalue weighted by atomic mass is 10.1. The van der Waals surface area contributed by atoms with Gasteiger partial charge in [-0.1, -0.05) is 57.0 Å². The maximum absolute atomic E-state index is 13.5. The number of ether oxygens (including phenoxy) is 3. The number of amides is 4. The highest BCUT2D eigenvalue weighted by molar-refractivity contribution is 9.11. The fraction of sp³-hybridized carbons (Fsp3) is 0.207. The zero-order valence-electron chi connectivity index (χ0n) is 21.6. The molecule has 4 rings (SSSR count). The van der Waals surface area contributed by atoms with Crippen molar-refractivity contribution in [2.24, 2.45) is 0 Å². The van der Waals surface area contributed by atoms with Crippen molar-refractivity contribution in [3.63, 3.8) is 0 Å². The lowest BCUT2D eigenvalue weighted by Crippen LogP contribution is -2.53. The molecule has 1 N–H and O–H groups in total. The number of imide groups is 2. The highest BCUT2D eigenvalue weighted by atomic mass is 79.9. The van der Waals surface area contributed by atoms with Gasteiger partial charge in [-0.2, -0.15) is 0 Å². The third-order valence-corrected chi connectivity index (χ3v) is 7.43. The van der Waals surface area contributed by atoms with Crippen molar-refractivity contribution in [3.8, 4) is 17.2 Å². The summed E-state index contributed by atoms with van der Waals surface area (Å²) < 4.78 is 19.5. The van der Waals surface area contributed by atoms with E-state index < -0.39 is 17.8 Å². The number of urea groups is 1. The van der Waals surface area contributed by atoms with Crippen LogP contribution >= 0.6 is 47.8 Å². The number of nitrogens with zero attached hydrogens (tertiary/aromatic N) is 1. The molecular weight excluding hydrogens is 712 g/mol. The van der Waals surface area contributed by atoms with E-state index in [-0.39, 0.29) is 18.7 Å². The van der Waals surface area contributed by atoms with Crippen LogP contribution in [0.2, 0.25) is 0 Å². The van der Waals surface area contributed by atoms with Crippen molar-refractivity contribution >= 4 is 71.7 Å². The second kappa shape index (κ2) is 13.5. The van der Waals surface area contributed by atoms with Gasteiger partial charge in [0.25, 0.3) is 11.8 Å². The average molecular weight is 737 g/mol. The number of hydrogen-bond acceptors (Lipinski definition) is 6. The van der Waals surface area contributed by atoms with Crippen molar-refractivity contribution in [2.75, 3.05) is 13.7 Å². The highest BCUT2D eigenvalue weighted by Gasteiger charge is 2.36. The van der Waals surface area contributed by atoms with Gasteiger partial charge in [0.1, 0.15) is 17.9 Å². The van der Waals surface area contributed by atoms with Gasteiger partial charge in [0.05, 0.1) is 24.7 Å². The maximum atomic E-state index is 13.5. The Labute approximate surface area is 257 Å². The molecule has 40 heavy (non-hydrogen) atoms. The molecule has 3 aromatic carbocycles. The molecular formula is C29H25Br3N2O6. The van der Waals surface area contributed by atoms with Crippen LogP contribution in [-0.4, -0.2) is 36.5 Å². The van der Waals surface area contributed by atoms with E-state index in [1.807, 2.05) is 31.2 Å². The molecule has 0 atom stereocenters. The second-order valence-corrected chi connectivity index (χ2v) is 11.4. The van der Waals surface area contributed by atoms with Gasteiger partial charge in [0.2, 0.25) is 0 Å². The average Bonchev–Trinajstić information content (AvgIpc) is 2.92. The lowest BCUT2D eigenvalue weighted by molar-refractivity contribution is -0.130. The molecule has 1 fully saturated rings. The van der Waals surface area contributed by atoms with Crippen LogP contribution in [-0.2, 0) is 22.7 Å². The number of benzene rings is 3. The quantitative estimate of drug-likeness (QED) is 0.178. The highest BCUT2D eigenvalue weighted by Crippen LogP contribution is 2.36. The molecule has 1 heterocycles. The van der Waals surface area contributed by atoms with Gasteiger partial charge in [-0.25, -0.2) is 4.79 Å². The van der Waals surface area contributed by atoms with Crippen LogP contribution in [0, 0.1) is 0 Å². The summed E-state index contributed by atoms with van der Waals surface area (Å²) in [6.07, 6.45) is 2.26. The molecule has 208 valence electrons. The summed E-state index contributed by atoms with van der Waals surface area (Å²) in [6, 6.07) is 15.6. The summed E-state index contributed by atoms with van der Waals surface area (Å²) in [7, 11) is 1.52. The van der Waals surface area contributed by atoms with Crippen molar-refractivity contribution < 1.29 is 28.6 Å². The fourth-order valence-corrected chi connectivity index (χ4v) is 5.53. The van der Waals surface area contributed by atoms with Gasteiger partial charge in [0, 0.05) is 14.5 Å². The summed E-state index contributed by atoms with van der Waals surface area (Å²) in [5.74, 6) is -0.0328. The van der Waals surface area contributed by atoms with Crippen molar-refractivity contribution in [3.05, 3.63) is 90.3 Å². The molecule has 0 aromatic heterocycles. The lowest BCUT2D eigenvalue weighted by Gasteiger charge is -2.27. The van der Waals surface area contributed by atoms with Gasteiger partial charge < -0.3 is 14.2 Å². The van der Waals surface area contributed by atoms with Crippen LogP contribution in [0.15, 0.2) is 73.6 Å². The largest absolute Gasteiger partial charge is 0.493 e. The summed E-state index contributed by atoms with van der Waals surface area (Å²) in [5, 5.41) is 2.26. The SMILES string of the molecule is CCCOc1ccc(CN2C(=O)NC(=O)/C(=C\c3cc(Br)cc(Br)c3OCc3ccc(Br)cc3)C2=O)cc1OC. The molecule has 11 heteroatoms. The minimum absolute atomic E-state index is 0.0746. The predicted molar refractivity (Wildman–Crippen MR) is 161 cm³/mol. The number of halogens is 3. The Kier molecular flexibility index (Phi) is 10.0. The Morgan fingerprint density at radius 1 is 0.875 bits per heavy atom. The molecule has 1 saturated heterocycles. The molecule has 0 spiro atoms. The minimum atomic E-state index is -0.806. The zero-order valence-corrected chi connectivity index (χ0v) is 26.4. The number of barbiturate groups is 1. The van der Waals surface area contributed by atoms with Crippen molar-refractivity contribution in [1.82, 2.24) is 10.2 Å². The van der Waals surface area contributed by atoms with E-state index in [1.54, 1.807) is 30.3 Å². The number of nitrogens with one attached hydrogen (secondary N) is 1. The van der Waals surface area contributed by atoms with Crippen LogP contribution in [0.4, 0.5) is 4.79 Å². The Morgan fingerprint density at radius 3 is 2.30 bits per heavy atom. The van der Waals surface area contributed by atoms with Crippen LogP contribution in [0.25, 0.3) is 6.08 Å². The first-order valence-corrected chi connectivity index (χ1v) is 14.6. The fourth-order valence-electron chi connectivity index (χ4n) is 3.89. The maximum Gasteiger partial charge on any atom is 0.331 e. The Balaban J connectivity index is 1.62. The third kappa shape index (κ3) is 7.13. The number of carbonyl (C=O) groups is 3. The molecule has 0 bridgehead atoms. The third-order valence-electron chi connectivity index (χ3n) is 5.85. The minimum Gasteiger partial charge on any atom is -0.493 e. The van der Waals surface area contributed by atoms with E-state index in [4.69, 9.17) is 14.2 Å². The first-order valence-electron chi connectivity index (χ1n) is 12.2. The van der Waals surface area contributed by atoms with Crippen LogP contribution < -0.4 is 19.5 Å². The van der Waals surface area contributed by atoms with Crippen LogP contribution in [0.5, 0.6) is 17.2 Å². The molecule has 0 saturated carbocycles. The van der Waals surface area contributed by atoms with Gasteiger partial charge >= 0.3 is 6.03 Å². The smallest absolute Gasteiger partial charge is 0.331 e.